The summed E-state index contributed by atoms with van der Waals surface area (Å²) in [6, 6.07) is 12.5. The van der Waals surface area contributed by atoms with Gasteiger partial charge in [-0.3, -0.25) is 4.79 Å². The standard InChI is InChI=1S/C18H21NO/c1-18(12-19(2)3)11-10-15-14-7-5-4-6-13(14)8-9-16(15)17(18)20/h4-9H,10-12H2,1-3H3. The molecule has 2 heteroatoms. The van der Waals surface area contributed by atoms with Gasteiger partial charge in [-0.05, 0) is 43.3 Å². The monoisotopic (exact) mass is 267 g/mol. The average Bonchev–Trinajstić information content (AvgIpc) is 2.42. The fourth-order valence-corrected chi connectivity index (χ4v) is 3.51. The molecule has 1 unspecified atom stereocenters. The Morgan fingerprint density at radius 2 is 1.90 bits per heavy atom. The molecule has 0 N–H and O–H groups in total. The fourth-order valence-electron chi connectivity index (χ4n) is 3.51. The van der Waals surface area contributed by atoms with Crippen molar-refractivity contribution in [2.75, 3.05) is 20.6 Å². The normalized spacial score (nSPS) is 22.3. The zero-order valence-corrected chi connectivity index (χ0v) is 12.4. The van der Waals surface area contributed by atoms with Gasteiger partial charge in [0.15, 0.2) is 5.78 Å². The number of fused-ring (bicyclic) bond motifs is 3. The molecule has 2 aromatic carbocycles. The maximum atomic E-state index is 12.9. The van der Waals surface area contributed by atoms with Crippen molar-refractivity contribution in [3.05, 3.63) is 47.5 Å². The summed E-state index contributed by atoms with van der Waals surface area (Å²) in [7, 11) is 4.07. The lowest BCUT2D eigenvalue weighted by molar-refractivity contribution is 0.0733. The van der Waals surface area contributed by atoms with E-state index in [1.165, 1.54) is 16.3 Å². The van der Waals surface area contributed by atoms with Crippen LogP contribution < -0.4 is 0 Å². The Balaban J connectivity index is 2.11. The molecular formula is C18H21NO. The molecule has 1 aliphatic rings. The Bertz CT molecular complexity index is 674. The molecular weight excluding hydrogens is 246 g/mol. The number of hydrogen-bond acceptors (Lipinski definition) is 2. The Morgan fingerprint density at radius 1 is 1.15 bits per heavy atom. The first kappa shape index (κ1) is 13.3. The quantitative estimate of drug-likeness (QED) is 0.829. The first-order valence-corrected chi connectivity index (χ1v) is 7.21. The summed E-state index contributed by atoms with van der Waals surface area (Å²) >= 11 is 0. The lowest BCUT2D eigenvalue weighted by Crippen LogP contribution is -2.41. The van der Waals surface area contributed by atoms with Gasteiger partial charge in [-0.1, -0.05) is 43.3 Å². The molecule has 0 heterocycles. The van der Waals surface area contributed by atoms with Gasteiger partial charge < -0.3 is 4.90 Å². The Labute approximate surface area is 120 Å². The van der Waals surface area contributed by atoms with Crippen LogP contribution in [0.15, 0.2) is 36.4 Å². The number of hydrogen-bond donors (Lipinski definition) is 0. The molecule has 1 atom stereocenters. The summed E-state index contributed by atoms with van der Waals surface area (Å²) in [6.45, 7) is 2.92. The average molecular weight is 267 g/mol. The van der Waals surface area contributed by atoms with Crippen molar-refractivity contribution in [1.82, 2.24) is 4.90 Å². The highest BCUT2D eigenvalue weighted by Crippen LogP contribution is 2.38. The molecule has 104 valence electrons. The van der Waals surface area contributed by atoms with Gasteiger partial charge in [-0.25, -0.2) is 0 Å². The minimum Gasteiger partial charge on any atom is -0.308 e. The van der Waals surface area contributed by atoms with Crippen molar-refractivity contribution in [3.63, 3.8) is 0 Å². The predicted molar refractivity (Wildman–Crippen MR) is 83.3 cm³/mol. The first-order valence-electron chi connectivity index (χ1n) is 7.21. The van der Waals surface area contributed by atoms with Gasteiger partial charge in [-0.2, -0.15) is 0 Å². The van der Waals surface area contributed by atoms with E-state index in [1.807, 2.05) is 20.2 Å². The van der Waals surface area contributed by atoms with Crippen LogP contribution in [0, 0.1) is 5.41 Å². The summed E-state index contributed by atoms with van der Waals surface area (Å²) in [5.41, 5.74) is 1.92. The third-order valence-corrected chi connectivity index (χ3v) is 4.43. The molecule has 0 aliphatic heterocycles. The third-order valence-electron chi connectivity index (χ3n) is 4.43. The van der Waals surface area contributed by atoms with Crippen molar-refractivity contribution in [2.45, 2.75) is 19.8 Å². The number of carbonyl (C=O) groups excluding carboxylic acids is 1. The summed E-state index contributed by atoms with van der Waals surface area (Å²) in [5.74, 6) is 0.304. The van der Waals surface area contributed by atoms with Gasteiger partial charge in [0, 0.05) is 17.5 Å². The topological polar surface area (TPSA) is 20.3 Å². The number of carbonyl (C=O) groups is 1. The van der Waals surface area contributed by atoms with Gasteiger partial charge in [0.25, 0.3) is 0 Å². The number of benzene rings is 2. The molecule has 0 spiro atoms. The van der Waals surface area contributed by atoms with Crippen LogP contribution >= 0.6 is 0 Å². The van der Waals surface area contributed by atoms with E-state index in [2.05, 4.69) is 42.2 Å². The van der Waals surface area contributed by atoms with E-state index in [-0.39, 0.29) is 5.41 Å². The predicted octanol–water partition coefficient (Wildman–Crippen LogP) is 3.54. The third kappa shape index (κ3) is 2.04. The van der Waals surface area contributed by atoms with Crippen molar-refractivity contribution in [3.8, 4) is 0 Å². The molecule has 0 saturated carbocycles. The summed E-state index contributed by atoms with van der Waals surface area (Å²) in [5, 5.41) is 2.47. The Morgan fingerprint density at radius 3 is 2.65 bits per heavy atom. The van der Waals surface area contributed by atoms with Crippen LogP contribution in [0.2, 0.25) is 0 Å². The van der Waals surface area contributed by atoms with Gasteiger partial charge in [-0.15, -0.1) is 0 Å². The number of ketones is 1. The molecule has 1 aliphatic carbocycles. The minimum atomic E-state index is -0.251. The first-order chi connectivity index (χ1) is 9.51. The van der Waals surface area contributed by atoms with Crippen LogP contribution in [0.1, 0.15) is 29.3 Å². The number of nitrogens with zero attached hydrogens (tertiary/aromatic N) is 1. The molecule has 0 radical (unpaired) electrons. The fraction of sp³-hybridized carbons (Fsp3) is 0.389. The molecule has 2 aromatic rings. The van der Waals surface area contributed by atoms with E-state index in [0.717, 1.165) is 24.9 Å². The molecule has 20 heavy (non-hydrogen) atoms. The van der Waals surface area contributed by atoms with E-state index in [1.54, 1.807) is 0 Å². The molecule has 0 bridgehead atoms. The van der Waals surface area contributed by atoms with Gasteiger partial charge in [0.2, 0.25) is 0 Å². The highest BCUT2D eigenvalue weighted by molar-refractivity contribution is 6.06. The maximum absolute atomic E-state index is 12.9. The number of Topliss-reactive ketones (excluding diaryl/α,β-unsaturated/α-hetero) is 1. The highest BCUT2D eigenvalue weighted by atomic mass is 16.1. The van der Waals surface area contributed by atoms with E-state index < -0.39 is 0 Å². The Kier molecular flexibility index (Phi) is 3.14. The van der Waals surface area contributed by atoms with E-state index >= 15 is 0 Å². The van der Waals surface area contributed by atoms with Crippen LogP contribution in [0.4, 0.5) is 0 Å². The molecule has 0 aromatic heterocycles. The zero-order valence-electron chi connectivity index (χ0n) is 12.4. The maximum Gasteiger partial charge on any atom is 0.170 e. The van der Waals surface area contributed by atoms with Gasteiger partial charge in [0.05, 0.1) is 0 Å². The smallest absolute Gasteiger partial charge is 0.170 e. The van der Waals surface area contributed by atoms with Crippen molar-refractivity contribution in [2.24, 2.45) is 5.41 Å². The van der Waals surface area contributed by atoms with Crippen LogP contribution in [-0.4, -0.2) is 31.3 Å². The number of aryl methyl sites for hydroxylation is 1. The summed E-state index contributed by atoms with van der Waals surface area (Å²) < 4.78 is 0. The van der Waals surface area contributed by atoms with Crippen LogP contribution in [0.25, 0.3) is 10.8 Å². The van der Waals surface area contributed by atoms with Gasteiger partial charge >= 0.3 is 0 Å². The second-order valence-corrected chi connectivity index (χ2v) is 6.44. The minimum absolute atomic E-state index is 0.251. The summed E-state index contributed by atoms with van der Waals surface area (Å²) in [4.78, 5) is 15.0. The number of rotatable bonds is 2. The Hall–Kier alpha value is -1.67. The lowest BCUT2D eigenvalue weighted by atomic mass is 9.70. The molecule has 0 saturated heterocycles. The van der Waals surface area contributed by atoms with Crippen molar-refractivity contribution >= 4 is 16.6 Å². The lowest BCUT2D eigenvalue weighted by Gasteiger charge is -2.35. The zero-order chi connectivity index (χ0) is 14.3. The summed E-state index contributed by atoms with van der Waals surface area (Å²) in [6.07, 6.45) is 1.93. The van der Waals surface area contributed by atoms with Crippen molar-refractivity contribution in [1.29, 1.82) is 0 Å². The van der Waals surface area contributed by atoms with Crippen LogP contribution in [-0.2, 0) is 6.42 Å². The van der Waals surface area contributed by atoms with Crippen LogP contribution in [0.5, 0.6) is 0 Å². The SMILES string of the molecule is CN(C)CC1(C)CCc2c(ccc3ccccc23)C1=O. The van der Waals surface area contributed by atoms with Gasteiger partial charge in [0.1, 0.15) is 0 Å². The second-order valence-electron chi connectivity index (χ2n) is 6.44. The molecule has 0 amide bonds. The molecule has 3 rings (SSSR count). The molecule has 2 nitrogen and oxygen atoms in total. The second kappa shape index (κ2) is 4.71. The van der Waals surface area contributed by atoms with E-state index in [0.29, 0.717) is 5.78 Å². The van der Waals surface area contributed by atoms with Crippen LogP contribution in [0.3, 0.4) is 0 Å². The largest absolute Gasteiger partial charge is 0.308 e. The molecule has 0 fully saturated rings. The highest BCUT2D eigenvalue weighted by Gasteiger charge is 2.39. The van der Waals surface area contributed by atoms with E-state index in [9.17, 15) is 4.79 Å². The van der Waals surface area contributed by atoms with E-state index in [4.69, 9.17) is 0 Å². The van der Waals surface area contributed by atoms with Crippen molar-refractivity contribution < 1.29 is 4.79 Å².